The molecule has 9 heteroatoms. The molecule has 0 saturated carbocycles. The molecule has 3 heterocycles. The molecule has 182 valence electrons. The number of nitrogens with zero attached hydrogens (tertiary/aromatic N) is 1. The minimum absolute atomic E-state index is 0.0502. The number of carbonyl (C=O) groups excluding carboxylic acids is 4. The number of fused-ring (bicyclic) bond motifs is 4. The summed E-state index contributed by atoms with van der Waals surface area (Å²) >= 11 is 0. The summed E-state index contributed by atoms with van der Waals surface area (Å²) in [5.41, 5.74) is 8.11. The van der Waals surface area contributed by atoms with Gasteiger partial charge in [0.15, 0.2) is 0 Å². The Hall–Kier alpha value is -3.72. The minimum atomic E-state index is -1.28. The molecule has 0 radical (unpaired) electrons. The van der Waals surface area contributed by atoms with Crippen LogP contribution in [0.15, 0.2) is 36.4 Å². The molecule has 2 saturated heterocycles. The number of methoxy groups -OCH3 is 1. The third kappa shape index (κ3) is 3.33. The van der Waals surface area contributed by atoms with Crippen LogP contribution in [-0.2, 0) is 31.3 Å². The number of carbonyl (C=O) groups is 4. The van der Waals surface area contributed by atoms with Crippen LogP contribution in [0.5, 0.6) is 5.75 Å². The molecule has 2 aromatic carbocycles. The van der Waals surface area contributed by atoms with Crippen LogP contribution >= 0.6 is 0 Å². The Labute approximate surface area is 203 Å². The van der Waals surface area contributed by atoms with Crippen molar-refractivity contribution in [2.24, 2.45) is 17.6 Å². The molecule has 2 fully saturated rings. The number of benzene rings is 2. The SMILES string of the molecule is COc1ccccc1CN1C(=O)[C@@H]2[C@H](CCC(N)=O)[NH2+][C@@]3(C(=O)Nc4c(C)cc(C)cc43)[C@@H]2C1=O. The zero-order chi connectivity index (χ0) is 25.1. The van der Waals surface area contributed by atoms with Gasteiger partial charge in [-0.1, -0.05) is 29.8 Å². The summed E-state index contributed by atoms with van der Waals surface area (Å²) in [5.74, 6) is -2.56. The maximum absolute atomic E-state index is 13.9. The summed E-state index contributed by atoms with van der Waals surface area (Å²) in [5, 5.41) is 4.81. The van der Waals surface area contributed by atoms with Crippen LogP contribution in [0, 0.1) is 25.7 Å². The lowest BCUT2D eigenvalue weighted by Crippen LogP contribution is -2.99. The molecule has 5 N–H and O–H groups in total. The number of nitrogens with two attached hydrogens (primary N) is 2. The van der Waals surface area contributed by atoms with Crippen LogP contribution in [0.4, 0.5) is 5.69 Å². The van der Waals surface area contributed by atoms with E-state index < -0.39 is 29.3 Å². The molecular weight excluding hydrogens is 448 g/mol. The largest absolute Gasteiger partial charge is 0.496 e. The van der Waals surface area contributed by atoms with Crippen LogP contribution in [0.2, 0.25) is 0 Å². The molecule has 0 aromatic heterocycles. The average molecular weight is 478 g/mol. The van der Waals surface area contributed by atoms with Crippen LogP contribution in [0.3, 0.4) is 0 Å². The normalized spacial score (nSPS) is 26.8. The first-order valence-electron chi connectivity index (χ1n) is 11.7. The number of primary amides is 1. The van der Waals surface area contributed by atoms with E-state index in [-0.39, 0.29) is 30.7 Å². The van der Waals surface area contributed by atoms with Gasteiger partial charge in [-0.25, -0.2) is 0 Å². The second-order valence-corrected chi connectivity index (χ2v) is 9.74. The van der Waals surface area contributed by atoms with Crippen molar-refractivity contribution in [3.05, 3.63) is 58.7 Å². The topological polar surface area (TPSA) is 135 Å². The number of ether oxygens (including phenoxy) is 1. The molecule has 5 rings (SSSR count). The number of quaternary nitrogens is 1. The van der Waals surface area contributed by atoms with Gasteiger partial charge in [-0.3, -0.25) is 24.1 Å². The summed E-state index contributed by atoms with van der Waals surface area (Å²) < 4.78 is 5.42. The van der Waals surface area contributed by atoms with Gasteiger partial charge in [0.25, 0.3) is 5.91 Å². The van der Waals surface area contributed by atoms with Crippen molar-refractivity contribution >= 4 is 29.3 Å². The molecule has 1 spiro atoms. The standard InChI is InChI=1S/C26H28N4O5/c1-13-10-14(2)22-16(11-13)26(25(34)28-22)21-20(17(29-26)8-9-19(27)31)23(32)30(24(21)33)12-15-6-4-5-7-18(15)35-3/h4-7,10-11,17,20-21,29H,8-9,12H2,1-3H3,(H2,27,31)(H,28,34)/p+1/t17-,20+,21-,26+/m0/s1. The average Bonchev–Trinajstić information content (AvgIpc) is 3.39. The number of anilines is 1. The van der Waals surface area contributed by atoms with E-state index >= 15 is 0 Å². The highest BCUT2D eigenvalue weighted by atomic mass is 16.5. The molecule has 4 atom stereocenters. The van der Waals surface area contributed by atoms with E-state index in [9.17, 15) is 19.2 Å². The molecular formula is C26H29N4O5+. The van der Waals surface area contributed by atoms with Gasteiger partial charge in [-0.2, -0.15) is 0 Å². The first-order valence-corrected chi connectivity index (χ1v) is 11.7. The highest BCUT2D eigenvalue weighted by molar-refractivity contribution is 6.14. The second-order valence-electron chi connectivity index (χ2n) is 9.74. The fourth-order valence-electron chi connectivity index (χ4n) is 6.21. The highest BCUT2D eigenvalue weighted by Gasteiger charge is 2.74. The summed E-state index contributed by atoms with van der Waals surface area (Å²) in [6.07, 6.45) is 0.364. The first-order chi connectivity index (χ1) is 16.7. The number of hydrogen-bond acceptors (Lipinski definition) is 5. The number of para-hydroxylation sites is 1. The predicted molar refractivity (Wildman–Crippen MR) is 126 cm³/mol. The summed E-state index contributed by atoms with van der Waals surface area (Å²) in [4.78, 5) is 54.1. The zero-order valence-electron chi connectivity index (χ0n) is 20.0. The smallest absolute Gasteiger partial charge is 0.291 e. The van der Waals surface area contributed by atoms with Gasteiger partial charge >= 0.3 is 0 Å². The van der Waals surface area contributed by atoms with Gasteiger partial charge in [0.1, 0.15) is 23.6 Å². The van der Waals surface area contributed by atoms with Gasteiger partial charge in [0, 0.05) is 24.0 Å². The van der Waals surface area contributed by atoms with E-state index in [0.717, 1.165) is 16.7 Å². The van der Waals surface area contributed by atoms with Crippen LogP contribution in [0.1, 0.15) is 35.1 Å². The Bertz CT molecular complexity index is 1270. The van der Waals surface area contributed by atoms with Crippen molar-refractivity contribution in [3.63, 3.8) is 0 Å². The minimum Gasteiger partial charge on any atom is -0.496 e. The molecule has 3 aliphatic rings. The highest BCUT2D eigenvalue weighted by Crippen LogP contribution is 2.50. The van der Waals surface area contributed by atoms with E-state index in [2.05, 4.69) is 5.32 Å². The summed E-state index contributed by atoms with van der Waals surface area (Å²) in [6.45, 7) is 3.91. The Morgan fingerprint density at radius 3 is 2.63 bits per heavy atom. The molecule has 0 unspecified atom stereocenters. The van der Waals surface area contributed by atoms with Gasteiger partial charge < -0.3 is 21.1 Å². The quantitative estimate of drug-likeness (QED) is 0.520. The Balaban J connectivity index is 1.61. The predicted octanol–water partition coefficient (Wildman–Crippen LogP) is 0.472. The van der Waals surface area contributed by atoms with E-state index in [0.29, 0.717) is 23.4 Å². The number of rotatable bonds is 6. The van der Waals surface area contributed by atoms with Crippen molar-refractivity contribution in [2.75, 3.05) is 12.4 Å². The third-order valence-electron chi connectivity index (χ3n) is 7.66. The van der Waals surface area contributed by atoms with Gasteiger partial charge in [0.2, 0.25) is 23.3 Å². The number of imide groups is 1. The zero-order valence-corrected chi connectivity index (χ0v) is 20.0. The molecule has 35 heavy (non-hydrogen) atoms. The van der Waals surface area contributed by atoms with Crippen molar-refractivity contribution < 1.29 is 29.2 Å². The number of nitrogens with one attached hydrogen (secondary N) is 1. The fraction of sp³-hybridized carbons (Fsp3) is 0.385. The Morgan fingerprint density at radius 1 is 1.17 bits per heavy atom. The third-order valence-corrected chi connectivity index (χ3v) is 7.66. The van der Waals surface area contributed by atoms with Crippen LogP contribution in [-0.4, -0.2) is 41.7 Å². The van der Waals surface area contributed by atoms with E-state index in [1.165, 1.54) is 12.0 Å². The van der Waals surface area contributed by atoms with Gasteiger partial charge in [0.05, 0.1) is 19.3 Å². The second kappa shape index (κ2) is 8.20. The number of likely N-dealkylation sites (tertiary alicyclic amines) is 1. The molecule has 0 bridgehead atoms. The lowest BCUT2D eigenvalue weighted by Gasteiger charge is -2.27. The van der Waals surface area contributed by atoms with Crippen molar-refractivity contribution in [3.8, 4) is 5.75 Å². The van der Waals surface area contributed by atoms with Gasteiger partial charge in [-0.15, -0.1) is 0 Å². The van der Waals surface area contributed by atoms with Crippen LogP contribution in [0.25, 0.3) is 0 Å². The lowest BCUT2D eigenvalue weighted by molar-refractivity contribution is -0.734. The lowest BCUT2D eigenvalue weighted by atomic mass is 9.75. The molecule has 0 aliphatic carbocycles. The van der Waals surface area contributed by atoms with Crippen LogP contribution < -0.4 is 21.1 Å². The fourth-order valence-corrected chi connectivity index (χ4v) is 6.21. The van der Waals surface area contributed by atoms with E-state index in [1.807, 2.05) is 49.5 Å². The van der Waals surface area contributed by atoms with Crippen molar-refractivity contribution in [2.45, 2.75) is 44.8 Å². The van der Waals surface area contributed by atoms with Crippen molar-refractivity contribution in [1.29, 1.82) is 0 Å². The van der Waals surface area contributed by atoms with E-state index in [1.54, 1.807) is 6.07 Å². The van der Waals surface area contributed by atoms with E-state index in [4.69, 9.17) is 10.5 Å². The molecule has 3 aliphatic heterocycles. The first kappa shape index (κ1) is 23.0. The maximum Gasteiger partial charge on any atom is 0.291 e. The summed E-state index contributed by atoms with van der Waals surface area (Å²) in [6, 6.07) is 10.7. The molecule has 2 aromatic rings. The monoisotopic (exact) mass is 477 g/mol. The molecule has 4 amide bonds. The number of hydrogen-bond donors (Lipinski definition) is 3. The maximum atomic E-state index is 13.9. The number of aryl methyl sites for hydroxylation is 2. The summed E-state index contributed by atoms with van der Waals surface area (Å²) in [7, 11) is 1.54. The Kier molecular flexibility index (Phi) is 5.40. The van der Waals surface area contributed by atoms with Gasteiger partial charge in [-0.05, 0) is 31.5 Å². The molecule has 9 nitrogen and oxygen atoms in total. The number of amides is 4. The van der Waals surface area contributed by atoms with Crippen molar-refractivity contribution in [1.82, 2.24) is 4.90 Å². The Morgan fingerprint density at radius 2 is 1.91 bits per heavy atom.